The summed E-state index contributed by atoms with van der Waals surface area (Å²) in [7, 11) is 1.91. The summed E-state index contributed by atoms with van der Waals surface area (Å²) in [5.74, 6) is 2.51. The average Bonchev–Trinajstić information content (AvgIpc) is 3.22. The van der Waals surface area contributed by atoms with Gasteiger partial charge in [-0.2, -0.15) is 5.10 Å². The zero-order valence-electron chi connectivity index (χ0n) is 14.0. The van der Waals surface area contributed by atoms with Gasteiger partial charge >= 0.3 is 0 Å². The summed E-state index contributed by atoms with van der Waals surface area (Å²) in [5, 5.41) is 8.76. The third-order valence-electron chi connectivity index (χ3n) is 4.58. The average molecular weight is 323 g/mol. The lowest BCUT2D eigenvalue weighted by molar-refractivity contribution is 0.621. The molecule has 124 valence electrons. The predicted octanol–water partition coefficient (Wildman–Crippen LogP) is 2.01. The fourth-order valence-electron chi connectivity index (χ4n) is 3.21. The largest absolute Gasteiger partial charge is 0.370 e. The second kappa shape index (κ2) is 6.07. The number of hydrogen-bond acceptors (Lipinski definition) is 6. The Kier molecular flexibility index (Phi) is 3.76. The van der Waals surface area contributed by atoms with Gasteiger partial charge in [0.2, 0.25) is 0 Å². The van der Waals surface area contributed by atoms with Crippen molar-refractivity contribution in [2.75, 3.05) is 29.9 Å². The topological polar surface area (TPSA) is 71.8 Å². The molecule has 1 atom stereocenters. The number of anilines is 2. The molecule has 1 N–H and O–H groups in total. The van der Waals surface area contributed by atoms with E-state index in [0.717, 1.165) is 48.7 Å². The van der Waals surface area contributed by atoms with E-state index in [1.807, 2.05) is 32.4 Å². The number of pyridine rings is 1. The molecular formula is C17H21N7. The fourth-order valence-corrected chi connectivity index (χ4v) is 3.21. The van der Waals surface area contributed by atoms with E-state index in [0.29, 0.717) is 5.92 Å². The lowest BCUT2D eigenvalue weighted by Gasteiger charge is -2.18. The number of nitrogens with one attached hydrogen (secondary N) is 1. The summed E-state index contributed by atoms with van der Waals surface area (Å²) in [4.78, 5) is 15.5. The van der Waals surface area contributed by atoms with Gasteiger partial charge in [-0.3, -0.25) is 4.68 Å². The van der Waals surface area contributed by atoms with Gasteiger partial charge in [-0.15, -0.1) is 0 Å². The second-order valence-electron chi connectivity index (χ2n) is 6.41. The van der Waals surface area contributed by atoms with Crippen LogP contribution in [0.5, 0.6) is 0 Å². The number of nitrogens with zero attached hydrogens (tertiary/aromatic N) is 6. The summed E-state index contributed by atoms with van der Waals surface area (Å²) in [5.41, 5.74) is 2.06. The summed E-state index contributed by atoms with van der Waals surface area (Å²) < 4.78 is 1.79. The normalized spacial score (nSPS) is 17.6. The molecular weight excluding hydrogens is 302 g/mol. The number of aromatic nitrogens is 5. The predicted molar refractivity (Wildman–Crippen MR) is 94.1 cm³/mol. The summed E-state index contributed by atoms with van der Waals surface area (Å²) in [6, 6.07) is 4.11. The summed E-state index contributed by atoms with van der Waals surface area (Å²) in [6.45, 7) is 4.97. The van der Waals surface area contributed by atoms with E-state index >= 15 is 0 Å². The van der Waals surface area contributed by atoms with Crippen LogP contribution in [0.1, 0.15) is 12.0 Å². The standard InChI is InChI=1S/C17H21N7/c1-12-3-4-15(18-7-12)19-8-13-5-6-24(10-13)17-14-9-22-23(2)16(14)20-11-21-17/h3-4,7,9,11,13H,5-6,8,10H2,1-2H3,(H,18,19)/t13-/m1/s1. The molecule has 24 heavy (non-hydrogen) atoms. The third-order valence-corrected chi connectivity index (χ3v) is 4.58. The van der Waals surface area contributed by atoms with Gasteiger partial charge in [0.15, 0.2) is 5.65 Å². The smallest absolute Gasteiger partial charge is 0.163 e. The van der Waals surface area contributed by atoms with Crippen LogP contribution < -0.4 is 10.2 Å². The van der Waals surface area contributed by atoms with Crippen molar-refractivity contribution in [1.82, 2.24) is 24.7 Å². The molecule has 4 rings (SSSR count). The summed E-state index contributed by atoms with van der Waals surface area (Å²) in [6.07, 6.45) is 6.52. The zero-order valence-corrected chi connectivity index (χ0v) is 14.0. The van der Waals surface area contributed by atoms with E-state index in [1.165, 1.54) is 5.56 Å². The molecule has 7 nitrogen and oxygen atoms in total. The van der Waals surface area contributed by atoms with E-state index in [4.69, 9.17) is 0 Å². The maximum Gasteiger partial charge on any atom is 0.163 e. The molecule has 0 unspecified atom stereocenters. The molecule has 0 bridgehead atoms. The lowest BCUT2D eigenvalue weighted by Crippen LogP contribution is -2.23. The number of hydrogen-bond donors (Lipinski definition) is 1. The Balaban J connectivity index is 1.43. The van der Waals surface area contributed by atoms with Crippen LogP contribution in [0.3, 0.4) is 0 Å². The molecule has 1 saturated heterocycles. The molecule has 0 aromatic carbocycles. The van der Waals surface area contributed by atoms with Crippen LogP contribution in [-0.2, 0) is 7.05 Å². The van der Waals surface area contributed by atoms with Gasteiger partial charge in [0, 0.05) is 32.9 Å². The Morgan fingerprint density at radius 2 is 2.12 bits per heavy atom. The Labute approximate surface area is 140 Å². The highest BCUT2D eigenvalue weighted by atomic mass is 15.3. The first-order valence-electron chi connectivity index (χ1n) is 8.25. The van der Waals surface area contributed by atoms with Gasteiger partial charge in [0.05, 0.1) is 11.6 Å². The monoisotopic (exact) mass is 323 g/mol. The maximum atomic E-state index is 4.49. The van der Waals surface area contributed by atoms with E-state index < -0.39 is 0 Å². The number of fused-ring (bicyclic) bond motifs is 1. The van der Waals surface area contributed by atoms with Crippen molar-refractivity contribution in [3.05, 3.63) is 36.4 Å². The first-order chi connectivity index (χ1) is 11.7. The Morgan fingerprint density at radius 1 is 1.21 bits per heavy atom. The highest BCUT2D eigenvalue weighted by Crippen LogP contribution is 2.27. The van der Waals surface area contributed by atoms with Crippen LogP contribution in [-0.4, -0.2) is 44.4 Å². The van der Waals surface area contributed by atoms with Crippen molar-refractivity contribution in [3.8, 4) is 0 Å². The number of aryl methyl sites for hydroxylation is 2. The first-order valence-corrected chi connectivity index (χ1v) is 8.25. The molecule has 0 saturated carbocycles. The molecule has 1 fully saturated rings. The molecule has 7 heteroatoms. The minimum absolute atomic E-state index is 0.579. The highest BCUT2D eigenvalue weighted by Gasteiger charge is 2.25. The SMILES string of the molecule is Cc1ccc(NC[C@H]2CCN(c3ncnc4c3cnn4C)C2)nc1. The van der Waals surface area contributed by atoms with Crippen molar-refractivity contribution >= 4 is 22.7 Å². The maximum absolute atomic E-state index is 4.49. The quantitative estimate of drug-likeness (QED) is 0.792. The minimum Gasteiger partial charge on any atom is -0.370 e. The minimum atomic E-state index is 0.579. The molecule has 3 aromatic heterocycles. The number of rotatable bonds is 4. The van der Waals surface area contributed by atoms with E-state index in [2.05, 4.69) is 36.3 Å². The van der Waals surface area contributed by atoms with Gasteiger partial charge < -0.3 is 10.2 Å². The molecule has 1 aliphatic rings. The summed E-state index contributed by atoms with van der Waals surface area (Å²) >= 11 is 0. The van der Waals surface area contributed by atoms with Gasteiger partial charge in [-0.25, -0.2) is 15.0 Å². The van der Waals surface area contributed by atoms with Crippen LogP contribution in [0.2, 0.25) is 0 Å². The molecule has 0 aliphatic carbocycles. The van der Waals surface area contributed by atoms with Gasteiger partial charge in [0.1, 0.15) is 18.0 Å². The Morgan fingerprint density at radius 3 is 2.96 bits per heavy atom. The highest BCUT2D eigenvalue weighted by molar-refractivity contribution is 5.86. The van der Waals surface area contributed by atoms with Crippen molar-refractivity contribution in [2.24, 2.45) is 13.0 Å². The molecule has 3 aromatic rings. The van der Waals surface area contributed by atoms with Crippen LogP contribution in [0.25, 0.3) is 11.0 Å². The Hall–Kier alpha value is -2.70. The van der Waals surface area contributed by atoms with E-state index in [-0.39, 0.29) is 0 Å². The van der Waals surface area contributed by atoms with Crippen molar-refractivity contribution in [1.29, 1.82) is 0 Å². The molecule has 0 spiro atoms. The third kappa shape index (κ3) is 2.77. The van der Waals surface area contributed by atoms with Gasteiger partial charge in [-0.05, 0) is 30.9 Å². The first kappa shape index (κ1) is 14.9. The van der Waals surface area contributed by atoms with Crippen molar-refractivity contribution < 1.29 is 0 Å². The molecule has 1 aliphatic heterocycles. The van der Waals surface area contributed by atoms with Gasteiger partial charge in [0.25, 0.3) is 0 Å². The fraction of sp³-hybridized carbons (Fsp3) is 0.412. The molecule has 4 heterocycles. The van der Waals surface area contributed by atoms with Crippen LogP contribution in [0, 0.1) is 12.8 Å². The van der Waals surface area contributed by atoms with Crippen molar-refractivity contribution in [2.45, 2.75) is 13.3 Å². The molecule has 0 amide bonds. The van der Waals surface area contributed by atoms with Crippen LogP contribution in [0.4, 0.5) is 11.6 Å². The van der Waals surface area contributed by atoms with Crippen LogP contribution in [0.15, 0.2) is 30.9 Å². The second-order valence-corrected chi connectivity index (χ2v) is 6.41. The molecule has 0 radical (unpaired) electrons. The Bertz CT molecular complexity index is 840. The lowest BCUT2D eigenvalue weighted by atomic mass is 10.1. The van der Waals surface area contributed by atoms with Crippen molar-refractivity contribution in [3.63, 3.8) is 0 Å². The van der Waals surface area contributed by atoms with Crippen LogP contribution >= 0.6 is 0 Å². The van der Waals surface area contributed by atoms with E-state index in [1.54, 1.807) is 11.0 Å². The zero-order chi connectivity index (χ0) is 16.5. The van der Waals surface area contributed by atoms with Gasteiger partial charge in [-0.1, -0.05) is 6.07 Å². The van der Waals surface area contributed by atoms with E-state index in [9.17, 15) is 0 Å².